The summed E-state index contributed by atoms with van der Waals surface area (Å²) < 4.78 is 10.5. The molecule has 25 heavy (non-hydrogen) atoms. The van der Waals surface area contributed by atoms with Gasteiger partial charge in [0, 0.05) is 12.6 Å². The average molecular weight is 346 g/mol. The van der Waals surface area contributed by atoms with Gasteiger partial charge in [-0.3, -0.25) is 4.90 Å². The predicted molar refractivity (Wildman–Crippen MR) is 92.7 cm³/mol. The van der Waals surface area contributed by atoms with Crippen LogP contribution in [0, 0.1) is 0 Å². The number of benzene rings is 1. The molecule has 3 rings (SSSR count). The first-order valence-corrected chi connectivity index (χ1v) is 8.74. The van der Waals surface area contributed by atoms with Crippen molar-refractivity contribution >= 4 is 0 Å². The van der Waals surface area contributed by atoms with Crippen molar-refractivity contribution in [3.8, 4) is 5.75 Å². The molecule has 136 valence electrons. The Bertz CT molecular complexity index is 668. The summed E-state index contributed by atoms with van der Waals surface area (Å²) in [6.07, 6.45) is 3.42. The molecular weight excluding hydrogens is 320 g/mol. The Morgan fingerprint density at radius 2 is 2.08 bits per heavy atom. The number of hydrogen-bond acceptors (Lipinski definition) is 7. The molecule has 0 spiro atoms. The Kier molecular flexibility index (Phi) is 6.01. The molecule has 0 radical (unpaired) electrons. The summed E-state index contributed by atoms with van der Waals surface area (Å²) in [4.78, 5) is 6.69. The van der Waals surface area contributed by atoms with E-state index in [0.717, 1.165) is 38.0 Å². The van der Waals surface area contributed by atoms with E-state index in [4.69, 9.17) is 15.0 Å². The quantitative estimate of drug-likeness (QED) is 0.789. The van der Waals surface area contributed by atoms with Crippen LogP contribution in [0.15, 0.2) is 28.8 Å². The second-order valence-corrected chi connectivity index (χ2v) is 6.53. The van der Waals surface area contributed by atoms with Gasteiger partial charge in [-0.05, 0) is 43.4 Å². The monoisotopic (exact) mass is 346 g/mol. The second kappa shape index (κ2) is 8.42. The van der Waals surface area contributed by atoms with Crippen LogP contribution in [0.2, 0.25) is 0 Å². The number of nitrogens with two attached hydrogens (primary N) is 1. The predicted octanol–water partition coefficient (Wildman–Crippen LogP) is 1.84. The Labute approximate surface area is 147 Å². The molecule has 0 aliphatic heterocycles. The van der Waals surface area contributed by atoms with Gasteiger partial charge < -0.3 is 20.1 Å². The van der Waals surface area contributed by atoms with E-state index in [2.05, 4.69) is 21.1 Å². The number of methoxy groups -OCH3 is 1. The topological polar surface area (TPSA) is 97.6 Å². The molecule has 0 amide bonds. The smallest absolute Gasteiger partial charge is 0.240 e. The highest BCUT2D eigenvalue weighted by Crippen LogP contribution is 2.26. The fourth-order valence-electron chi connectivity index (χ4n) is 3.36. The van der Waals surface area contributed by atoms with Crippen molar-refractivity contribution in [1.29, 1.82) is 0 Å². The number of aliphatic hydroxyl groups excluding tert-OH is 1. The largest absolute Gasteiger partial charge is 0.497 e. The molecule has 7 nitrogen and oxygen atoms in total. The first-order valence-electron chi connectivity index (χ1n) is 8.74. The van der Waals surface area contributed by atoms with E-state index in [1.165, 1.54) is 5.56 Å². The van der Waals surface area contributed by atoms with Gasteiger partial charge in [0.2, 0.25) is 5.89 Å². The molecule has 1 heterocycles. The number of nitrogens with zero attached hydrogens (tertiary/aromatic N) is 3. The maximum absolute atomic E-state index is 9.80. The highest BCUT2D eigenvalue weighted by Gasteiger charge is 2.26. The van der Waals surface area contributed by atoms with Crippen molar-refractivity contribution in [1.82, 2.24) is 15.0 Å². The molecule has 1 saturated carbocycles. The second-order valence-electron chi connectivity index (χ2n) is 6.53. The molecule has 1 aliphatic carbocycles. The lowest BCUT2D eigenvalue weighted by Gasteiger charge is -2.35. The van der Waals surface area contributed by atoms with Gasteiger partial charge in [0.25, 0.3) is 0 Å². The van der Waals surface area contributed by atoms with Crippen LogP contribution in [0.4, 0.5) is 0 Å². The van der Waals surface area contributed by atoms with E-state index in [0.29, 0.717) is 24.3 Å². The van der Waals surface area contributed by atoms with Gasteiger partial charge in [-0.25, -0.2) is 0 Å². The molecule has 1 aliphatic rings. The molecule has 1 aromatic carbocycles. The summed E-state index contributed by atoms with van der Waals surface area (Å²) in [5.74, 6) is 1.95. The normalized spacial score (nSPS) is 20.8. The lowest BCUT2D eigenvalue weighted by Crippen LogP contribution is -2.38. The van der Waals surface area contributed by atoms with E-state index < -0.39 is 0 Å². The SMILES string of the molecule is COc1cccc(CN(Cc2noc(CN)n2)C2CCC(O)CC2)c1. The minimum Gasteiger partial charge on any atom is -0.497 e. The Balaban J connectivity index is 1.75. The lowest BCUT2D eigenvalue weighted by molar-refractivity contribution is 0.0649. The van der Waals surface area contributed by atoms with Crippen LogP contribution in [0.5, 0.6) is 5.75 Å². The highest BCUT2D eigenvalue weighted by molar-refractivity contribution is 5.28. The summed E-state index contributed by atoms with van der Waals surface area (Å²) in [5, 5.41) is 13.8. The Hall–Kier alpha value is -1.96. The van der Waals surface area contributed by atoms with Crippen LogP contribution < -0.4 is 10.5 Å². The van der Waals surface area contributed by atoms with Gasteiger partial charge in [0.05, 0.1) is 26.3 Å². The summed E-state index contributed by atoms with van der Waals surface area (Å²) in [6, 6.07) is 8.46. The molecular formula is C18H26N4O3. The van der Waals surface area contributed by atoms with Crippen molar-refractivity contribution in [2.75, 3.05) is 7.11 Å². The van der Waals surface area contributed by atoms with Crippen molar-refractivity contribution in [3.05, 3.63) is 41.5 Å². The summed E-state index contributed by atoms with van der Waals surface area (Å²) in [7, 11) is 1.67. The van der Waals surface area contributed by atoms with Crippen molar-refractivity contribution in [2.24, 2.45) is 5.73 Å². The summed E-state index contributed by atoms with van der Waals surface area (Å²) >= 11 is 0. The van der Waals surface area contributed by atoms with Crippen LogP contribution in [0.3, 0.4) is 0 Å². The van der Waals surface area contributed by atoms with Crippen LogP contribution >= 0.6 is 0 Å². The van der Waals surface area contributed by atoms with Gasteiger partial charge in [-0.1, -0.05) is 17.3 Å². The number of ether oxygens (including phenoxy) is 1. The van der Waals surface area contributed by atoms with Gasteiger partial charge in [0.15, 0.2) is 5.82 Å². The van der Waals surface area contributed by atoms with Gasteiger partial charge in [0.1, 0.15) is 5.75 Å². The molecule has 0 bridgehead atoms. The van der Waals surface area contributed by atoms with Crippen LogP contribution in [0.25, 0.3) is 0 Å². The Morgan fingerprint density at radius 3 is 2.76 bits per heavy atom. The number of aromatic nitrogens is 2. The van der Waals surface area contributed by atoms with Crippen molar-refractivity contribution < 1.29 is 14.4 Å². The van der Waals surface area contributed by atoms with E-state index in [1.807, 2.05) is 18.2 Å². The van der Waals surface area contributed by atoms with E-state index in [1.54, 1.807) is 7.11 Å². The third-order valence-electron chi connectivity index (χ3n) is 4.73. The maximum atomic E-state index is 9.80. The summed E-state index contributed by atoms with van der Waals surface area (Å²) in [5.41, 5.74) is 6.73. The first-order chi connectivity index (χ1) is 12.2. The molecule has 3 N–H and O–H groups in total. The Morgan fingerprint density at radius 1 is 1.28 bits per heavy atom. The standard InChI is InChI=1S/C18H26N4O3/c1-24-16-4-2-3-13(9-16)11-22(14-5-7-15(23)8-6-14)12-17-20-18(10-19)25-21-17/h2-4,9,14-15,23H,5-8,10-12,19H2,1H3. The van der Waals surface area contributed by atoms with Crippen LogP contribution in [0.1, 0.15) is 43.0 Å². The summed E-state index contributed by atoms with van der Waals surface area (Å²) in [6.45, 7) is 1.62. The zero-order valence-electron chi connectivity index (χ0n) is 14.6. The van der Waals surface area contributed by atoms with Gasteiger partial charge in [-0.15, -0.1) is 0 Å². The lowest BCUT2D eigenvalue weighted by atomic mass is 9.91. The number of aliphatic hydroxyl groups is 1. The first kappa shape index (κ1) is 17.8. The zero-order valence-corrected chi connectivity index (χ0v) is 14.6. The molecule has 0 unspecified atom stereocenters. The third kappa shape index (κ3) is 4.78. The van der Waals surface area contributed by atoms with E-state index in [-0.39, 0.29) is 12.6 Å². The van der Waals surface area contributed by atoms with Gasteiger partial charge in [-0.2, -0.15) is 4.98 Å². The fourth-order valence-corrected chi connectivity index (χ4v) is 3.36. The van der Waals surface area contributed by atoms with Crippen LogP contribution in [-0.2, 0) is 19.6 Å². The van der Waals surface area contributed by atoms with Crippen molar-refractivity contribution in [2.45, 2.75) is 57.5 Å². The molecule has 1 aromatic heterocycles. The van der Waals surface area contributed by atoms with Gasteiger partial charge >= 0.3 is 0 Å². The maximum Gasteiger partial charge on any atom is 0.240 e. The molecule has 1 fully saturated rings. The molecule has 7 heteroatoms. The minimum atomic E-state index is -0.177. The molecule has 2 aromatic rings. The van der Waals surface area contributed by atoms with Crippen molar-refractivity contribution in [3.63, 3.8) is 0 Å². The minimum absolute atomic E-state index is 0.177. The fraction of sp³-hybridized carbons (Fsp3) is 0.556. The molecule has 0 atom stereocenters. The number of hydrogen-bond donors (Lipinski definition) is 2. The van der Waals surface area contributed by atoms with Crippen LogP contribution in [-0.4, -0.2) is 39.4 Å². The average Bonchev–Trinajstić information content (AvgIpc) is 3.10. The van der Waals surface area contributed by atoms with E-state index >= 15 is 0 Å². The third-order valence-corrected chi connectivity index (χ3v) is 4.73. The molecule has 0 saturated heterocycles. The van der Waals surface area contributed by atoms with E-state index in [9.17, 15) is 5.11 Å². The number of rotatable bonds is 7. The zero-order chi connectivity index (χ0) is 17.6. The highest BCUT2D eigenvalue weighted by atomic mass is 16.5.